The number of benzene rings is 2. The summed E-state index contributed by atoms with van der Waals surface area (Å²) < 4.78 is 5.73. The Hall–Kier alpha value is -2.49. The predicted octanol–water partition coefficient (Wildman–Crippen LogP) is 4.51. The highest BCUT2D eigenvalue weighted by atomic mass is 16.5. The van der Waals surface area contributed by atoms with Crippen molar-refractivity contribution in [2.45, 2.75) is 26.4 Å². The van der Waals surface area contributed by atoms with Crippen molar-refractivity contribution < 1.29 is 9.53 Å². The Morgan fingerprint density at radius 3 is 1.90 bits per heavy atom. The first kappa shape index (κ1) is 14.9. The lowest BCUT2D eigenvalue weighted by atomic mass is 10.2. The van der Waals surface area contributed by atoms with Crippen molar-refractivity contribution in [3.05, 3.63) is 54.6 Å². The maximum Gasteiger partial charge on any atom is 0.323 e. The van der Waals surface area contributed by atoms with Crippen molar-refractivity contribution in [2.75, 3.05) is 10.6 Å². The van der Waals surface area contributed by atoms with Crippen LogP contribution in [0, 0.1) is 0 Å². The van der Waals surface area contributed by atoms with Gasteiger partial charge < -0.3 is 15.4 Å². The summed E-state index contributed by atoms with van der Waals surface area (Å²) in [6.07, 6.45) is 0. The van der Waals surface area contributed by atoms with E-state index in [1.807, 2.05) is 75.4 Å². The van der Waals surface area contributed by atoms with Crippen LogP contribution in [0.5, 0.6) is 5.75 Å². The van der Waals surface area contributed by atoms with Gasteiger partial charge in [0.2, 0.25) is 0 Å². The molecule has 0 radical (unpaired) electrons. The van der Waals surface area contributed by atoms with Gasteiger partial charge in [-0.3, -0.25) is 0 Å². The molecule has 0 spiro atoms. The van der Waals surface area contributed by atoms with Crippen LogP contribution in [-0.2, 0) is 0 Å². The summed E-state index contributed by atoms with van der Waals surface area (Å²) in [7, 11) is 0. The van der Waals surface area contributed by atoms with Crippen molar-refractivity contribution in [3.63, 3.8) is 0 Å². The maximum atomic E-state index is 11.8. The molecule has 21 heavy (non-hydrogen) atoms. The van der Waals surface area contributed by atoms with E-state index in [0.717, 1.165) is 11.4 Å². The number of ether oxygens (including phenoxy) is 1. The number of amides is 2. The smallest absolute Gasteiger partial charge is 0.323 e. The maximum absolute atomic E-state index is 11.8. The summed E-state index contributed by atoms with van der Waals surface area (Å²) in [6, 6.07) is 16.3. The summed E-state index contributed by atoms with van der Waals surface area (Å²) in [5.74, 6) is 0.775. The average Bonchev–Trinajstić information content (AvgIpc) is 2.40. The molecule has 110 valence electrons. The van der Waals surface area contributed by atoms with E-state index in [9.17, 15) is 4.79 Å². The van der Waals surface area contributed by atoms with Gasteiger partial charge in [-0.25, -0.2) is 4.79 Å². The Morgan fingerprint density at radius 1 is 0.857 bits per heavy atom. The van der Waals surface area contributed by atoms with Crippen molar-refractivity contribution in [1.29, 1.82) is 0 Å². The highest BCUT2D eigenvalue weighted by Gasteiger charge is 2.11. The van der Waals surface area contributed by atoms with Crippen LogP contribution in [0.15, 0.2) is 54.6 Å². The summed E-state index contributed by atoms with van der Waals surface area (Å²) in [6.45, 7) is 5.98. The quantitative estimate of drug-likeness (QED) is 0.871. The standard InChI is InChI=1S/C17H20N2O2/c1-17(2,3)21-15-11-9-14(10-12-15)19-16(20)18-13-7-5-4-6-8-13/h4-12H,1-3H3,(H2,18,19,20). The lowest BCUT2D eigenvalue weighted by Gasteiger charge is -2.21. The van der Waals surface area contributed by atoms with Crippen LogP contribution in [0.1, 0.15) is 20.8 Å². The third-order valence-corrected chi connectivity index (χ3v) is 2.57. The van der Waals surface area contributed by atoms with Crippen LogP contribution in [0.3, 0.4) is 0 Å². The molecule has 0 aromatic heterocycles. The summed E-state index contributed by atoms with van der Waals surface area (Å²) in [4.78, 5) is 11.8. The number of carbonyl (C=O) groups is 1. The van der Waals surface area contributed by atoms with Crippen LogP contribution >= 0.6 is 0 Å². The van der Waals surface area contributed by atoms with Gasteiger partial charge in [-0.2, -0.15) is 0 Å². The van der Waals surface area contributed by atoms with Crippen molar-refractivity contribution in [1.82, 2.24) is 0 Å². The fourth-order valence-corrected chi connectivity index (χ4v) is 1.77. The topological polar surface area (TPSA) is 50.4 Å². The average molecular weight is 284 g/mol. The predicted molar refractivity (Wildman–Crippen MR) is 85.9 cm³/mol. The number of urea groups is 1. The molecule has 4 nitrogen and oxygen atoms in total. The zero-order valence-corrected chi connectivity index (χ0v) is 12.5. The van der Waals surface area contributed by atoms with Gasteiger partial charge in [-0.05, 0) is 57.2 Å². The van der Waals surface area contributed by atoms with Gasteiger partial charge >= 0.3 is 6.03 Å². The fraction of sp³-hybridized carbons (Fsp3) is 0.235. The van der Waals surface area contributed by atoms with Crippen molar-refractivity contribution >= 4 is 17.4 Å². The number of rotatable bonds is 3. The number of anilines is 2. The molecule has 0 heterocycles. The molecule has 0 unspecified atom stereocenters. The number of hydrogen-bond acceptors (Lipinski definition) is 2. The highest BCUT2D eigenvalue weighted by Crippen LogP contribution is 2.20. The Balaban J connectivity index is 1.92. The van der Waals surface area contributed by atoms with E-state index in [-0.39, 0.29) is 11.6 Å². The molecule has 0 aliphatic heterocycles. The molecule has 2 aromatic rings. The Labute approximate surface area is 125 Å². The Kier molecular flexibility index (Phi) is 4.48. The molecule has 0 fully saturated rings. The van der Waals surface area contributed by atoms with E-state index in [1.54, 1.807) is 0 Å². The van der Waals surface area contributed by atoms with E-state index >= 15 is 0 Å². The number of carbonyl (C=O) groups excluding carboxylic acids is 1. The van der Waals surface area contributed by atoms with E-state index in [4.69, 9.17) is 4.74 Å². The zero-order chi connectivity index (χ0) is 15.3. The van der Waals surface area contributed by atoms with Gasteiger partial charge in [0.15, 0.2) is 0 Å². The summed E-state index contributed by atoms with van der Waals surface area (Å²) in [5.41, 5.74) is 1.23. The number of nitrogens with one attached hydrogen (secondary N) is 2. The van der Waals surface area contributed by atoms with Gasteiger partial charge in [0.1, 0.15) is 11.4 Å². The SMILES string of the molecule is CC(C)(C)Oc1ccc(NC(=O)Nc2ccccc2)cc1. The fourth-order valence-electron chi connectivity index (χ4n) is 1.77. The first-order valence-corrected chi connectivity index (χ1v) is 6.84. The van der Waals surface area contributed by atoms with Crippen LogP contribution in [0.4, 0.5) is 16.2 Å². The van der Waals surface area contributed by atoms with Crippen LogP contribution in [0.25, 0.3) is 0 Å². The molecule has 2 N–H and O–H groups in total. The lowest BCUT2D eigenvalue weighted by Crippen LogP contribution is -2.23. The normalized spacial score (nSPS) is 10.8. The van der Waals surface area contributed by atoms with Gasteiger partial charge in [0, 0.05) is 11.4 Å². The summed E-state index contributed by atoms with van der Waals surface area (Å²) >= 11 is 0. The minimum absolute atomic E-state index is 0.236. The molecule has 2 aromatic carbocycles. The van der Waals surface area contributed by atoms with Crippen LogP contribution in [-0.4, -0.2) is 11.6 Å². The number of para-hydroxylation sites is 1. The first-order chi connectivity index (χ1) is 9.92. The molecule has 0 aliphatic carbocycles. The van der Waals surface area contributed by atoms with Gasteiger partial charge in [-0.1, -0.05) is 18.2 Å². The molecular formula is C17H20N2O2. The van der Waals surface area contributed by atoms with E-state index < -0.39 is 0 Å². The van der Waals surface area contributed by atoms with E-state index in [2.05, 4.69) is 10.6 Å². The zero-order valence-electron chi connectivity index (χ0n) is 12.5. The molecule has 0 saturated carbocycles. The molecule has 0 aliphatic rings. The summed E-state index contributed by atoms with van der Waals surface area (Å²) in [5, 5.41) is 5.54. The van der Waals surface area contributed by atoms with Gasteiger partial charge in [0.05, 0.1) is 0 Å². The Bertz CT molecular complexity index is 586. The van der Waals surface area contributed by atoms with E-state index in [0.29, 0.717) is 5.69 Å². The third kappa shape index (κ3) is 5.18. The second-order valence-corrected chi connectivity index (χ2v) is 5.68. The molecule has 2 amide bonds. The first-order valence-electron chi connectivity index (χ1n) is 6.84. The molecule has 0 bridgehead atoms. The minimum Gasteiger partial charge on any atom is -0.488 e. The minimum atomic E-state index is -0.273. The Morgan fingerprint density at radius 2 is 1.38 bits per heavy atom. The molecule has 0 saturated heterocycles. The third-order valence-electron chi connectivity index (χ3n) is 2.57. The van der Waals surface area contributed by atoms with Crippen LogP contribution in [0.2, 0.25) is 0 Å². The highest BCUT2D eigenvalue weighted by molar-refractivity contribution is 5.99. The van der Waals surface area contributed by atoms with Gasteiger partial charge in [0.25, 0.3) is 0 Å². The van der Waals surface area contributed by atoms with Gasteiger partial charge in [-0.15, -0.1) is 0 Å². The molecule has 4 heteroatoms. The number of hydrogen-bond donors (Lipinski definition) is 2. The largest absolute Gasteiger partial charge is 0.488 e. The van der Waals surface area contributed by atoms with Crippen LogP contribution < -0.4 is 15.4 Å². The van der Waals surface area contributed by atoms with Crippen molar-refractivity contribution in [3.8, 4) is 5.75 Å². The van der Waals surface area contributed by atoms with E-state index in [1.165, 1.54) is 0 Å². The molecular weight excluding hydrogens is 264 g/mol. The molecule has 2 rings (SSSR count). The molecule has 0 atom stereocenters. The second kappa shape index (κ2) is 6.31. The monoisotopic (exact) mass is 284 g/mol. The lowest BCUT2D eigenvalue weighted by molar-refractivity contribution is 0.131. The van der Waals surface area contributed by atoms with Crippen molar-refractivity contribution in [2.24, 2.45) is 0 Å². The second-order valence-electron chi connectivity index (χ2n) is 5.68.